The maximum absolute atomic E-state index is 14.1. The predicted molar refractivity (Wildman–Crippen MR) is 138 cm³/mol. The van der Waals surface area contributed by atoms with Gasteiger partial charge in [0.2, 0.25) is 5.91 Å². The van der Waals surface area contributed by atoms with Crippen molar-refractivity contribution in [2.45, 2.75) is 70.9 Å². The van der Waals surface area contributed by atoms with Gasteiger partial charge < -0.3 is 23.8 Å². The summed E-state index contributed by atoms with van der Waals surface area (Å²) in [6.07, 6.45) is 9.52. The SMILES string of the molecule is CCCCN1CCOc2ccccc2CCCCC2(CN(C(=O)Cn3ccnc3CC)CCO2)C1=O. The molecule has 196 valence electrons. The molecule has 0 aliphatic carbocycles. The van der Waals surface area contributed by atoms with E-state index < -0.39 is 5.60 Å². The first-order chi connectivity index (χ1) is 17.6. The van der Waals surface area contributed by atoms with Crippen LogP contribution in [0, 0.1) is 0 Å². The molecule has 0 radical (unpaired) electrons. The summed E-state index contributed by atoms with van der Waals surface area (Å²) in [4.78, 5) is 35.4. The van der Waals surface area contributed by atoms with Crippen molar-refractivity contribution in [2.24, 2.45) is 0 Å². The molecule has 2 aromatic rings. The highest BCUT2D eigenvalue weighted by atomic mass is 16.5. The second kappa shape index (κ2) is 12.4. The van der Waals surface area contributed by atoms with Gasteiger partial charge in [-0.1, -0.05) is 38.5 Å². The van der Waals surface area contributed by atoms with Crippen molar-refractivity contribution in [3.05, 3.63) is 48.0 Å². The molecular formula is C28H40N4O4. The van der Waals surface area contributed by atoms with E-state index in [1.54, 1.807) is 6.20 Å². The molecule has 8 nitrogen and oxygen atoms in total. The van der Waals surface area contributed by atoms with Crippen LogP contribution in [-0.4, -0.2) is 76.2 Å². The van der Waals surface area contributed by atoms with Gasteiger partial charge in [0.1, 0.15) is 24.7 Å². The summed E-state index contributed by atoms with van der Waals surface area (Å²) in [6, 6.07) is 8.17. The number of imidazole rings is 1. The van der Waals surface area contributed by atoms with Crippen LogP contribution in [0.25, 0.3) is 0 Å². The van der Waals surface area contributed by atoms with E-state index in [4.69, 9.17) is 9.47 Å². The van der Waals surface area contributed by atoms with Crippen LogP contribution in [0.5, 0.6) is 5.75 Å². The number of para-hydroxylation sites is 1. The maximum Gasteiger partial charge on any atom is 0.256 e. The number of hydrogen-bond acceptors (Lipinski definition) is 5. The van der Waals surface area contributed by atoms with E-state index >= 15 is 0 Å². The number of ether oxygens (including phenoxy) is 2. The van der Waals surface area contributed by atoms with E-state index in [2.05, 4.69) is 18.0 Å². The molecule has 1 aromatic heterocycles. The van der Waals surface area contributed by atoms with Crippen LogP contribution < -0.4 is 4.74 Å². The molecule has 2 aliphatic heterocycles. The first-order valence-electron chi connectivity index (χ1n) is 13.5. The van der Waals surface area contributed by atoms with Gasteiger partial charge in [0, 0.05) is 31.9 Å². The van der Waals surface area contributed by atoms with Crippen LogP contribution in [0.15, 0.2) is 36.7 Å². The largest absolute Gasteiger partial charge is 0.491 e. The number of aryl methyl sites for hydroxylation is 2. The van der Waals surface area contributed by atoms with Gasteiger partial charge in [-0.25, -0.2) is 4.98 Å². The number of morpholine rings is 1. The predicted octanol–water partition coefficient (Wildman–Crippen LogP) is 3.48. The third-order valence-electron chi connectivity index (χ3n) is 7.29. The van der Waals surface area contributed by atoms with Gasteiger partial charge in [0.15, 0.2) is 5.60 Å². The Bertz CT molecular complexity index is 1020. The first kappa shape index (κ1) is 26.2. The van der Waals surface area contributed by atoms with E-state index in [0.29, 0.717) is 45.8 Å². The quantitative estimate of drug-likeness (QED) is 0.612. The van der Waals surface area contributed by atoms with Gasteiger partial charge in [0.05, 0.1) is 19.7 Å². The molecule has 0 N–H and O–H groups in total. The molecule has 8 heteroatoms. The highest BCUT2D eigenvalue weighted by Gasteiger charge is 2.46. The summed E-state index contributed by atoms with van der Waals surface area (Å²) in [6.45, 7) is 7.14. The molecular weight excluding hydrogens is 456 g/mol. The van der Waals surface area contributed by atoms with Crippen molar-refractivity contribution < 1.29 is 19.1 Å². The van der Waals surface area contributed by atoms with Crippen LogP contribution in [0.1, 0.15) is 57.3 Å². The number of carbonyl (C=O) groups is 2. The third-order valence-corrected chi connectivity index (χ3v) is 7.29. The topological polar surface area (TPSA) is 76.9 Å². The van der Waals surface area contributed by atoms with Crippen molar-refractivity contribution in [2.75, 3.05) is 39.4 Å². The van der Waals surface area contributed by atoms with Crippen molar-refractivity contribution in [1.82, 2.24) is 19.4 Å². The number of rotatable bonds is 6. The minimum atomic E-state index is -1.01. The summed E-state index contributed by atoms with van der Waals surface area (Å²) in [5.74, 6) is 1.79. The second-order valence-corrected chi connectivity index (χ2v) is 9.79. The van der Waals surface area contributed by atoms with Crippen molar-refractivity contribution in [3.63, 3.8) is 0 Å². The van der Waals surface area contributed by atoms with Gasteiger partial charge in [-0.3, -0.25) is 9.59 Å². The molecule has 3 heterocycles. The minimum Gasteiger partial charge on any atom is -0.491 e. The molecule has 1 spiro atoms. The Morgan fingerprint density at radius 1 is 1.14 bits per heavy atom. The van der Waals surface area contributed by atoms with Gasteiger partial charge in [-0.2, -0.15) is 0 Å². The number of unbranched alkanes of at least 4 members (excludes halogenated alkanes) is 1. The van der Waals surface area contributed by atoms with Crippen molar-refractivity contribution in [3.8, 4) is 5.75 Å². The monoisotopic (exact) mass is 496 g/mol. The van der Waals surface area contributed by atoms with Crippen LogP contribution in [-0.2, 0) is 33.7 Å². The molecule has 1 saturated heterocycles. The molecule has 1 aromatic carbocycles. The van der Waals surface area contributed by atoms with Gasteiger partial charge in [-0.05, 0) is 43.7 Å². The lowest BCUT2D eigenvalue weighted by Crippen LogP contribution is -2.62. The Morgan fingerprint density at radius 2 is 2.00 bits per heavy atom. The van der Waals surface area contributed by atoms with Crippen molar-refractivity contribution in [1.29, 1.82) is 0 Å². The summed E-state index contributed by atoms with van der Waals surface area (Å²) in [5, 5.41) is 0. The van der Waals surface area contributed by atoms with Crippen LogP contribution in [0.2, 0.25) is 0 Å². The Morgan fingerprint density at radius 3 is 2.83 bits per heavy atom. The fourth-order valence-electron chi connectivity index (χ4n) is 5.22. The summed E-state index contributed by atoms with van der Waals surface area (Å²) in [7, 11) is 0. The van der Waals surface area contributed by atoms with Gasteiger partial charge >= 0.3 is 0 Å². The highest BCUT2D eigenvalue weighted by molar-refractivity contribution is 5.87. The molecule has 2 aliphatic rings. The Kier molecular flexibility index (Phi) is 9.02. The normalized spacial score (nSPS) is 21.4. The molecule has 1 unspecified atom stereocenters. The molecule has 1 atom stereocenters. The average Bonchev–Trinajstić information content (AvgIpc) is 3.35. The van der Waals surface area contributed by atoms with E-state index in [-0.39, 0.29) is 18.4 Å². The molecule has 4 rings (SSSR count). The van der Waals surface area contributed by atoms with Crippen molar-refractivity contribution >= 4 is 11.8 Å². The van der Waals surface area contributed by atoms with Gasteiger partial charge in [-0.15, -0.1) is 0 Å². The third kappa shape index (κ3) is 6.09. The lowest BCUT2D eigenvalue weighted by Gasteiger charge is -2.44. The van der Waals surface area contributed by atoms with Crippen LogP contribution >= 0.6 is 0 Å². The Hall–Kier alpha value is -2.87. The molecule has 0 saturated carbocycles. The Balaban J connectivity index is 1.54. The summed E-state index contributed by atoms with van der Waals surface area (Å²) < 4.78 is 14.3. The molecule has 2 amide bonds. The summed E-state index contributed by atoms with van der Waals surface area (Å²) >= 11 is 0. The smallest absolute Gasteiger partial charge is 0.256 e. The maximum atomic E-state index is 14.1. The zero-order chi connectivity index (χ0) is 25.4. The number of aromatic nitrogens is 2. The fraction of sp³-hybridized carbons (Fsp3) is 0.607. The van der Waals surface area contributed by atoms with E-state index in [0.717, 1.165) is 50.1 Å². The van der Waals surface area contributed by atoms with E-state index in [9.17, 15) is 9.59 Å². The van der Waals surface area contributed by atoms with Crippen LogP contribution in [0.4, 0.5) is 0 Å². The number of hydrogen-bond donors (Lipinski definition) is 0. The number of carbonyl (C=O) groups excluding carboxylic acids is 2. The van der Waals surface area contributed by atoms with E-state index in [1.807, 2.05) is 45.7 Å². The number of benzene rings is 1. The zero-order valence-electron chi connectivity index (χ0n) is 21.8. The average molecular weight is 497 g/mol. The molecule has 1 fully saturated rings. The lowest BCUT2D eigenvalue weighted by atomic mass is 9.90. The van der Waals surface area contributed by atoms with Crippen LogP contribution in [0.3, 0.4) is 0 Å². The summed E-state index contributed by atoms with van der Waals surface area (Å²) in [5.41, 5.74) is 0.190. The lowest BCUT2D eigenvalue weighted by molar-refractivity contribution is -0.177. The Labute approximate surface area is 214 Å². The minimum absolute atomic E-state index is 0.00154. The molecule has 36 heavy (non-hydrogen) atoms. The standard InChI is InChI=1S/C28H40N4O4/c1-3-5-15-30-17-19-35-24-12-7-6-10-23(24)11-8-9-13-28(27(30)34)22-32(18-20-36-28)26(33)21-31-16-14-29-25(31)4-2/h6-7,10,12,14,16H,3-5,8-9,11,13,15,17-22H2,1-2H3. The fourth-order valence-corrected chi connectivity index (χ4v) is 5.22. The first-order valence-corrected chi connectivity index (χ1v) is 13.5. The second-order valence-electron chi connectivity index (χ2n) is 9.79. The number of fused-ring (bicyclic) bond motifs is 1. The highest BCUT2D eigenvalue weighted by Crippen LogP contribution is 2.30. The molecule has 0 bridgehead atoms. The number of nitrogens with zero attached hydrogens (tertiary/aromatic N) is 4. The number of amides is 2. The van der Waals surface area contributed by atoms with E-state index in [1.165, 1.54) is 5.56 Å². The zero-order valence-corrected chi connectivity index (χ0v) is 21.8. The van der Waals surface area contributed by atoms with Gasteiger partial charge in [0.25, 0.3) is 5.91 Å².